The Morgan fingerprint density at radius 1 is 1.05 bits per heavy atom. The molecule has 0 heterocycles. The molecular weight excluding hydrogens is 262 g/mol. The van der Waals surface area contributed by atoms with Crippen LogP contribution in [0, 0.1) is 0 Å². The minimum Gasteiger partial charge on any atom is -0.428 e. The second-order valence-corrected chi connectivity index (χ2v) is 10.0. The van der Waals surface area contributed by atoms with Crippen molar-refractivity contribution >= 4 is 24.3 Å². The average Bonchev–Trinajstić information content (AvgIpc) is 2.36. The first-order valence-corrected chi connectivity index (χ1v) is 10.3. The summed E-state index contributed by atoms with van der Waals surface area (Å²) in [5.74, 6) is 0. The smallest absolute Gasteiger partial charge is 0.213 e. The summed E-state index contributed by atoms with van der Waals surface area (Å²) in [6, 6.07) is 13.5. The molecule has 0 aliphatic heterocycles. The lowest BCUT2D eigenvalue weighted by atomic mass is 10.1. The molecule has 0 aliphatic carbocycles. The SMILES string of the molecule is CC(C)NCCc1ccc2cc([Si](C)(C)O)ccc2c1. The second-order valence-electron chi connectivity index (χ2n) is 6.31. The van der Waals surface area contributed by atoms with Crippen molar-refractivity contribution in [3.63, 3.8) is 0 Å². The first kappa shape index (κ1) is 15.2. The minimum atomic E-state index is -2.21. The number of fused-ring (bicyclic) bond motifs is 1. The molecule has 0 unspecified atom stereocenters. The van der Waals surface area contributed by atoms with Crippen LogP contribution in [-0.4, -0.2) is 25.7 Å². The van der Waals surface area contributed by atoms with E-state index in [1.165, 1.54) is 16.3 Å². The highest BCUT2D eigenvalue weighted by Gasteiger charge is 2.19. The van der Waals surface area contributed by atoms with Crippen molar-refractivity contribution in [1.82, 2.24) is 5.32 Å². The molecule has 0 bridgehead atoms. The van der Waals surface area contributed by atoms with Crippen molar-refractivity contribution in [1.29, 1.82) is 0 Å². The van der Waals surface area contributed by atoms with Crippen molar-refractivity contribution in [2.45, 2.75) is 39.4 Å². The Hall–Kier alpha value is -1.16. The maximum absolute atomic E-state index is 10.2. The average molecular weight is 287 g/mol. The summed E-state index contributed by atoms with van der Waals surface area (Å²) in [6.07, 6.45) is 1.05. The fourth-order valence-electron chi connectivity index (χ4n) is 2.34. The molecule has 0 radical (unpaired) electrons. The molecule has 2 rings (SSSR count). The standard InChI is InChI=1S/C17H25NOSi/c1-13(2)18-10-9-14-5-6-16-12-17(20(3,4)19)8-7-15(16)11-14/h5-8,11-13,18-19H,9-10H2,1-4H3. The maximum atomic E-state index is 10.2. The Morgan fingerprint density at radius 2 is 1.70 bits per heavy atom. The summed E-state index contributed by atoms with van der Waals surface area (Å²) < 4.78 is 0. The molecule has 20 heavy (non-hydrogen) atoms. The van der Waals surface area contributed by atoms with Crippen LogP contribution in [0.4, 0.5) is 0 Å². The lowest BCUT2D eigenvalue weighted by Crippen LogP contribution is -2.41. The van der Waals surface area contributed by atoms with E-state index in [9.17, 15) is 4.80 Å². The minimum absolute atomic E-state index is 0.537. The molecule has 0 aliphatic rings. The van der Waals surface area contributed by atoms with Crippen LogP contribution in [0.5, 0.6) is 0 Å². The van der Waals surface area contributed by atoms with Crippen LogP contribution in [0.3, 0.4) is 0 Å². The van der Waals surface area contributed by atoms with E-state index < -0.39 is 8.32 Å². The van der Waals surface area contributed by atoms with Gasteiger partial charge in [0.15, 0.2) is 0 Å². The van der Waals surface area contributed by atoms with E-state index in [2.05, 4.69) is 55.6 Å². The molecule has 0 amide bonds. The molecule has 0 fully saturated rings. The zero-order valence-electron chi connectivity index (χ0n) is 12.9. The number of nitrogens with one attached hydrogen (secondary N) is 1. The van der Waals surface area contributed by atoms with Crippen molar-refractivity contribution in [2.75, 3.05) is 6.54 Å². The highest BCUT2D eigenvalue weighted by Crippen LogP contribution is 2.16. The predicted molar refractivity (Wildman–Crippen MR) is 90.1 cm³/mol. The molecule has 2 aromatic carbocycles. The third-order valence-corrected chi connectivity index (χ3v) is 5.30. The summed E-state index contributed by atoms with van der Waals surface area (Å²) in [7, 11) is -2.21. The monoisotopic (exact) mass is 287 g/mol. The van der Waals surface area contributed by atoms with Gasteiger partial charge in [-0.1, -0.05) is 50.2 Å². The summed E-state index contributed by atoms with van der Waals surface area (Å²) in [6.45, 7) is 9.27. The third kappa shape index (κ3) is 3.92. The molecule has 0 saturated heterocycles. The van der Waals surface area contributed by atoms with Gasteiger partial charge in [0, 0.05) is 6.04 Å². The first-order chi connectivity index (χ1) is 9.36. The molecular formula is C17H25NOSi. The van der Waals surface area contributed by atoms with Crippen LogP contribution < -0.4 is 10.5 Å². The number of hydrogen-bond donors (Lipinski definition) is 2. The number of hydrogen-bond acceptors (Lipinski definition) is 2. The van der Waals surface area contributed by atoms with E-state index in [0.29, 0.717) is 6.04 Å². The fraction of sp³-hybridized carbons (Fsp3) is 0.412. The molecule has 0 saturated carbocycles. The summed E-state index contributed by atoms with van der Waals surface area (Å²) in [4.78, 5) is 10.2. The van der Waals surface area contributed by atoms with Gasteiger partial charge in [-0.15, -0.1) is 0 Å². The molecule has 2 nitrogen and oxygen atoms in total. The van der Waals surface area contributed by atoms with Crippen LogP contribution in [0.2, 0.25) is 13.1 Å². The van der Waals surface area contributed by atoms with Gasteiger partial charge in [-0.25, -0.2) is 0 Å². The van der Waals surface area contributed by atoms with E-state index in [-0.39, 0.29) is 0 Å². The van der Waals surface area contributed by atoms with Gasteiger partial charge in [-0.05, 0) is 47.6 Å². The van der Waals surface area contributed by atoms with Crippen LogP contribution in [0.1, 0.15) is 19.4 Å². The Balaban J connectivity index is 2.19. The summed E-state index contributed by atoms with van der Waals surface area (Å²) in [5.41, 5.74) is 1.36. The van der Waals surface area contributed by atoms with Crippen molar-refractivity contribution < 1.29 is 4.80 Å². The van der Waals surface area contributed by atoms with E-state index in [4.69, 9.17) is 0 Å². The van der Waals surface area contributed by atoms with E-state index in [1.54, 1.807) is 0 Å². The molecule has 2 aromatic rings. The largest absolute Gasteiger partial charge is 0.428 e. The lowest BCUT2D eigenvalue weighted by molar-refractivity contribution is 0.568. The van der Waals surface area contributed by atoms with Gasteiger partial charge in [-0.2, -0.15) is 0 Å². The lowest BCUT2D eigenvalue weighted by Gasteiger charge is -2.15. The van der Waals surface area contributed by atoms with Crippen molar-refractivity contribution in [3.8, 4) is 0 Å². The van der Waals surface area contributed by atoms with E-state index in [1.807, 2.05) is 13.1 Å². The molecule has 108 valence electrons. The van der Waals surface area contributed by atoms with Crippen LogP contribution in [0.15, 0.2) is 36.4 Å². The van der Waals surface area contributed by atoms with Gasteiger partial charge in [0.1, 0.15) is 0 Å². The van der Waals surface area contributed by atoms with Crippen molar-refractivity contribution in [2.24, 2.45) is 0 Å². The number of rotatable bonds is 5. The predicted octanol–water partition coefficient (Wildman–Crippen LogP) is 2.78. The summed E-state index contributed by atoms with van der Waals surface area (Å²) in [5, 5.41) is 7.02. The van der Waals surface area contributed by atoms with Gasteiger partial charge >= 0.3 is 0 Å². The highest BCUT2D eigenvalue weighted by molar-refractivity contribution is 6.83. The normalized spacial score (nSPS) is 12.3. The number of benzene rings is 2. The Bertz CT molecular complexity index is 587. The van der Waals surface area contributed by atoms with Gasteiger partial charge in [-0.3, -0.25) is 0 Å². The van der Waals surface area contributed by atoms with Gasteiger partial charge < -0.3 is 10.1 Å². The Labute approximate surface area is 123 Å². The molecule has 2 N–H and O–H groups in total. The molecule has 0 aromatic heterocycles. The van der Waals surface area contributed by atoms with Crippen LogP contribution in [0.25, 0.3) is 10.8 Å². The Morgan fingerprint density at radius 3 is 2.35 bits per heavy atom. The van der Waals surface area contributed by atoms with E-state index >= 15 is 0 Å². The Kier molecular flexibility index (Phi) is 4.63. The van der Waals surface area contributed by atoms with E-state index in [0.717, 1.165) is 18.2 Å². The van der Waals surface area contributed by atoms with Gasteiger partial charge in [0.2, 0.25) is 8.32 Å². The first-order valence-electron chi connectivity index (χ1n) is 7.35. The summed E-state index contributed by atoms with van der Waals surface area (Å²) >= 11 is 0. The second kappa shape index (κ2) is 6.08. The van der Waals surface area contributed by atoms with Crippen LogP contribution >= 0.6 is 0 Å². The van der Waals surface area contributed by atoms with Gasteiger partial charge in [0.05, 0.1) is 0 Å². The van der Waals surface area contributed by atoms with Gasteiger partial charge in [0.25, 0.3) is 0 Å². The molecule has 3 heteroatoms. The molecule has 0 atom stereocenters. The quantitative estimate of drug-likeness (QED) is 0.829. The highest BCUT2D eigenvalue weighted by atomic mass is 28.4. The topological polar surface area (TPSA) is 32.3 Å². The zero-order valence-corrected chi connectivity index (χ0v) is 13.9. The molecule has 0 spiro atoms. The third-order valence-electron chi connectivity index (χ3n) is 3.58. The van der Waals surface area contributed by atoms with Crippen molar-refractivity contribution in [3.05, 3.63) is 42.0 Å². The maximum Gasteiger partial charge on any atom is 0.213 e. The van der Waals surface area contributed by atoms with Crippen LogP contribution in [-0.2, 0) is 6.42 Å². The zero-order chi connectivity index (χ0) is 14.8. The fourth-order valence-corrected chi connectivity index (χ4v) is 3.34.